The third-order valence-corrected chi connectivity index (χ3v) is 4.22. The molecule has 110 valence electrons. The lowest BCUT2D eigenvalue weighted by Crippen LogP contribution is -2.50. The maximum absolute atomic E-state index is 12.5. The van der Waals surface area contributed by atoms with Crippen LogP contribution in [-0.4, -0.2) is 29.9 Å². The van der Waals surface area contributed by atoms with Crippen molar-refractivity contribution in [2.45, 2.75) is 32.4 Å². The number of hydrogen-bond donors (Lipinski definition) is 1. The summed E-state index contributed by atoms with van der Waals surface area (Å²) in [5, 5.41) is 5.78. The Balaban J connectivity index is 1.83. The summed E-state index contributed by atoms with van der Waals surface area (Å²) in [5.41, 5.74) is 1.23. The first kappa shape index (κ1) is 14.1. The van der Waals surface area contributed by atoms with Gasteiger partial charge in [-0.2, -0.15) is 0 Å². The van der Waals surface area contributed by atoms with Crippen molar-refractivity contribution in [3.05, 3.63) is 48.0 Å². The van der Waals surface area contributed by atoms with Crippen LogP contribution in [0.4, 0.5) is 0 Å². The normalized spacial score (nSPS) is 19.2. The summed E-state index contributed by atoms with van der Waals surface area (Å²) < 4.78 is 0. The molecule has 1 saturated heterocycles. The highest BCUT2D eigenvalue weighted by Gasteiger charge is 2.27. The number of nitrogens with zero attached hydrogens (tertiary/aromatic N) is 1. The molecule has 0 aromatic heterocycles. The second-order valence-electron chi connectivity index (χ2n) is 5.65. The van der Waals surface area contributed by atoms with Crippen LogP contribution >= 0.6 is 0 Å². The van der Waals surface area contributed by atoms with Crippen molar-refractivity contribution in [2.24, 2.45) is 0 Å². The van der Waals surface area contributed by atoms with Crippen LogP contribution in [0, 0.1) is 0 Å². The first-order valence-corrected chi connectivity index (χ1v) is 7.78. The molecule has 3 nitrogen and oxygen atoms in total. The summed E-state index contributed by atoms with van der Waals surface area (Å²) in [7, 11) is 0. The van der Waals surface area contributed by atoms with E-state index in [1.807, 2.05) is 4.90 Å². The number of piperidine rings is 1. The Bertz CT molecular complexity index is 631. The largest absolute Gasteiger partial charge is 0.337 e. The summed E-state index contributed by atoms with van der Waals surface area (Å²) in [5.74, 6) is 0.246. The summed E-state index contributed by atoms with van der Waals surface area (Å²) in [6.07, 6.45) is 2.03. The fourth-order valence-corrected chi connectivity index (χ4v) is 3.17. The molecule has 1 heterocycles. The molecule has 1 unspecified atom stereocenters. The minimum absolute atomic E-state index is 0.00118. The number of carbonyl (C=O) groups is 1. The molecule has 0 aliphatic carbocycles. The Morgan fingerprint density at radius 1 is 1.19 bits per heavy atom. The number of likely N-dealkylation sites (tertiary alicyclic amines) is 1. The van der Waals surface area contributed by atoms with Crippen LogP contribution in [0.3, 0.4) is 0 Å². The van der Waals surface area contributed by atoms with Crippen molar-refractivity contribution in [3.63, 3.8) is 0 Å². The summed E-state index contributed by atoms with van der Waals surface area (Å²) in [6, 6.07) is 14.7. The summed E-state index contributed by atoms with van der Waals surface area (Å²) >= 11 is 0. The van der Waals surface area contributed by atoms with Gasteiger partial charge in [-0.05, 0) is 35.7 Å². The van der Waals surface area contributed by atoms with Gasteiger partial charge in [0.25, 0.3) is 0 Å². The average Bonchev–Trinajstić information content (AvgIpc) is 2.52. The van der Waals surface area contributed by atoms with Crippen LogP contribution in [-0.2, 0) is 11.3 Å². The van der Waals surface area contributed by atoms with E-state index in [0.29, 0.717) is 6.54 Å². The van der Waals surface area contributed by atoms with Crippen molar-refractivity contribution >= 4 is 16.7 Å². The van der Waals surface area contributed by atoms with Crippen LogP contribution in [0.25, 0.3) is 10.8 Å². The quantitative estimate of drug-likeness (QED) is 0.935. The molecule has 1 aliphatic rings. The Morgan fingerprint density at radius 2 is 2.00 bits per heavy atom. The SMILES string of the molecule is CCNC1CCCN(Cc2cccc3ccccc23)C1=O. The molecule has 3 rings (SSSR count). The second-order valence-corrected chi connectivity index (χ2v) is 5.65. The minimum Gasteiger partial charge on any atom is -0.337 e. The molecular formula is C18H22N2O. The number of hydrogen-bond acceptors (Lipinski definition) is 2. The molecule has 0 radical (unpaired) electrons. The fourth-order valence-electron chi connectivity index (χ4n) is 3.17. The van der Waals surface area contributed by atoms with Gasteiger partial charge in [-0.15, -0.1) is 0 Å². The van der Waals surface area contributed by atoms with E-state index in [0.717, 1.165) is 25.9 Å². The number of benzene rings is 2. The Hall–Kier alpha value is -1.87. The van der Waals surface area contributed by atoms with E-state index >= 15 is 0 Å². The molecule has 1 aliphatic heterocycles. The third kappa shape index (κ3) is 2.93. The van der Waals surface area contributed by atoms with E-state index < -0.39 is 0 Å². The van der Waals surface area contributed by atoms with Gasteiger partial charge in [-0.1, -0.05) is 49.4 Å². The Labute approximate surface area is 125 Å². The number of fused-ring (bicyclic) bond motifs is 1. The van der Waals surface area contributed by atoms with Gasteiger partial charge in [0.1, 0.15) is 0 Å². The van der Waals surface area contributed by atoms with Gasteiger partial charge in [0, 0.05) is 13.1 Å². The zero-order valence-corrected chi connectivity index (χ0v) is 12.5. The van der Waals surface area contributed by atoms with Crippen LogP contribution in [0.15, 0.2) is 42.5 Å². The lowest BCUT2D eigenvalue weighted by atomic mass is 10.0. The van der Waals surface area contributed by atoms with Crippen LogP contribution in [0.2, 0.25) is 0 Å². The molecule has 2 aromatic carbocycles. The number of amides is 1. The molecular weight excluding hydrogens is 260 g/mol. The highest BCUT2D eigenvalue weighted by Crippen LogP contribution is 2.22. The van der Waals surface area contributed by atoms with Gasteiger partial charge in [-0.3, -0.25) is 4.79 Å². The highest BCUT2D eigenvalue weighted by molar-refractivity contribution is 5.87. The maximum atomic E-state index is 12.5. The van der Waals surface area contributed by atoms with Crippen molar-refractivity contribution in [1.29, 1.82) is 0 Å². The van der Waals surface area contributed by atoms with Crippen molar-refractivity contribution in [1.82, 2.24) is 10.2 Å². The monoisotopic (exact) mass is 282 g/mol. The predicted molar refractivity (Wildman–Crippen MR) is 86.1 cm³/mol. The zero-order valence-electron chi connectivity index (χ0n) is 12.5. The van der Waals surface area contributed by atoms with Gasteiger partial charge in [0.2, 0.25) is 5.91 Å². The van der Waals surface area contributed by atoms with Gasteiger partial charge in [-0.25, -0.2) is 0 Å². The lowest BCUT2D eigenvalue weighted by Gasteiger charge is -2.33. The Kier molecular flexibility index (Phi) is 4.20. The maximum Gasteiger partial charge on any atom is 0.240 e. The fraction of sp³-hybridized carbons (Fsp3) is 0.389. The molecule has 2 aromatic rings. The molecule has 1 N–H and O–H groups in total. The van der Waals surface area contributed by atoms with E-state index in [1.165, 1.54) is 16.3 Å². The van der Waals surface area contributed by atoms with E-state index in [9.17, 15) is 4.79 Å². The average molecular weight is 282 g/mol. The molecule has 0 saturated carbocycles. The lowest BCUT2D eigenvalue weighted by molar-refractivity contribution is -0.136. The number of nitrogens with one attached hydrogen (secondary N) is 1. The molecule has 0 bridgehead atoms. The van der Waals surface area contributed by atoms with E-state index in [4.69, 9.17) is 0 Å². The Morgan fingerprint density at radius 3 is 2.86 bits per heavy atom. The van der Waals surface area contributed by atoms with E-state index in [-0.39, 0.29) is 11.9 Å². The molecule has 3 heteroatoms. The molecule has 21 heavy (non-hydrogen) atoms. The van der Waals surface area contributed by atoms with E-state index in [2.05, 4.69) is 54.7 Å². The van der Waals surface area contributed by atoms with Gasteiger partial charge < -0.3 is 10.2 Å². The third-order valence-electron chi connectivity index (χ3n) is 4.22. The summed E-state index contributed by atoms with van der Waals surface area (Å²) in [4.78, 5) is 14.5. The molecule has 1 fully saturated rings. The first-order valence-electron chi connectivity index (χ1n) is 7.78. The minimum atomic E-state index is -0.00118. The number of rotatable bonds is 4. The predicted octanol–water partition coefficient (Wildman–Crippen LogP) is 2.94. The van der Waals surface area contributed by atoms with Gasteiger partial charge in [0.15, 0.2) is 0 Å². The summed E-state index contributed by atoms with van der Waals surface area (Å²) in [6.45, 7) is 4.47. The van der Waals surface area contributed by atoms with Crippen LogP contribution in [0.1, 0.15) is 25.3 Å². The topological polar surface area (TPSA) is 32.3 Å². The van der Waals surface area contributed by atoms with Gasteiger partial charge >= 0.3 is 0 Å². The highest BCUT2D eigenvalue weighted by atomic mass is 16.2. The zero-order chi connectivity index (χ0) is 14.7. The first-order chi connectivity index (χ1) is 10.3. The number of likely N-dealkylation sites (N-methyl/N-ethyl adjacent to an activating group) is 1. The van der Waals surface area contributed by atoms with Crippen LogP contribution in [0.5, 0.6) is 0 Å². The van der Waals surface area contributed by atoms with Crippen molar-refractivity contribution in [3.8, 4) is 0 Å². The molecule has 0 spiro atoms. The standard InChI is InChI=1S/C18H22N2O/c1-2-19-17-11-6-12-20(18(17)21)13-15-9-5-8-14-7-3-4-10-16(14)15/h3-5,7-10,17,19H,2,6,11-13H2,1H3. The molecule has 1 atom stereocenters. The second kappa shape index (κ2) is 6.27. The smallest absolute Gasteiger partial charge is 0.240 e. The van der Waals surface area contributed by atoms with Crippen LogP contribution < -0.4 is 5.32 Å². The molecule has 1 amide bonds. The van der Waals surface area contributed by atoms with Crippen molar-refractivity contribution < 1.29 is 4.79 Å². The van der Waals surface area contributed by atoms with E-state index in [1.54, 1.807) is 0 Å². The van der Waals surface area contributed by atoms with Gasteiger partial charge in [0.05, 0.1) is 6.04 Å². The van der Waals surface area contributed by atoms with Crippen molar-refractivity contribution in [2.75, 3.05) is 13.1 Å². The number of carbonyl (C=O) groups excluding carboxylic acids is 1.